The van der Waals surface area contributed by atoms with E-state index in [0.29, 0.717) is 0 Å². The smallest absolute Gasteiger partial charge is 0.237 e. The molecular formula is C11H20N2O2. The zero-order valence-electron chi connectivity index (χ0n) is 9.29. The highest BCUT2D eigenvalue weighted by molar-refractivity contribution is 5.82. The third kappa shape index (κ3) is 2.49. The maximum Gasteiger partial charge on any atom is 0.237 e. The first-order valence-electron chi connectivity index (χ1n) is 5.88. The Bertz CT molecular complexity index is 229. The Hall–Kier alpha value is -0.610. The molecule has 1 aliphatic heterocycles. The normalized spacial score (nSPS) is 35.7. The van der Waals surface area contributed by atoms with Crippen LogP contribution in [-0.2, 0) is 9.53 Å². The van der Waals surface area contributed by atoms with Gasteiger partial charge in [0.15, 0.2) is 0 Å². The Morgan fingerprint density at radius 1 is 1.33 bits per heavy atom. The number of hydrogen-bond acceptors (Lipinski definition) is 3. The molecule has 1 saturated heterocycles. The Labute approximate surface area is 90.8 Å². The van der Waals surface area contributed by atoms with Crippen LogP contribution in [-0.4, -0.2) is 37.7 Å². The molecule has 1 saturated carbocycles. The topological polar surface area (TPSA) is 50.4 Å². The van der Waals surface area contributed by atoms with Crippen molar-refractivity contribution in [3.63, 3.8) is 0 Å². The molecule has 1 amide bonds. The largest absolute Gasteiger partial charge is 0.379 e. The summed E-state index contributed by atoms with van der Waals surface area (Å²) in [7, 11) is 1.73. The van der Waals surface area contributed by atoms with Crippen molar-refractivity contribution in [3.05, 3.63) is 0 Å². The van der Waals surface area contributed by atoms with E-state index in [1.54, 1.807) is 7.11 Å². The third-order valence-corrected chi connectivity index (χ3v) is 3.47. The van der Waals surface area contributed by atoms with E-state index in [9.17, 15) is 4.79 Å². The van der Waals surface area contributed by atoms with Crippen molar-refractivity contribution >= 4 is 5.91 Å². The lowest BCUT2D eigenvalue weighted by atomic mass is 9.92. The standard InChI is InChI=1S/C11H20N2O2/c1-15-10-5-3-2-4-8(10)13-11(14)9-6-7-12-9/h8-10,12H,2-7H2,1H3,(H,13,14)/t8?,9-,10?/m1/s1. The summed E-state index contributed by atoms with van der Waals surface area (Å²) in [5, 5.41) is 6.21. The van der Waals surface area contributed by atoms with E-state index in [4.69, 9.17) is 4.74 Å². The molecule has 0 aromatic carbocycles. The summed E-state index contributed by atoms with van der Waals surface area (Å²) in [6, 6.07) is 0.267. The van der Waals surface area contributed by atoms with Gasteiger partial charge in [-0.05, 0) is 25.8 Å². The molecular weight excluding hydrogens is 192 g/mol. The summed E-state index contributed by atoms with van der Waals surface area (Å²) in [5.74, 6) is 0.148. The van der Waals surface area contributed by atoms with Gasteiger partial charge in [-0.1, -0.05) is 12.8 Å². The average Bonchev–Trinajstić information content (AvgIpc) is 2.15. The summed E-state index contributed by atoms with van der Waals surface area (Å²) in [6.07, 6.45) is 5.71. The highest BCUT2D eigenvalue weighted by Crippen LogP contribution is 2.21. The second-order valence-corrected chi connectivity index (χ2v) is 4.47. The lowest BCUT2D eigenvalue weighted by Crippen LogP contribution is -2.57. The molecule has 2 N–H and O–H groups in total. The Kier molecular flexibility index (Phi) is 3.59. The van der Waals surface area contributed by atoms with Gasteiger partial charge in [-0.2, -0.15) is 0 Å². The van der Waals surface area contributed by atoms with Gasteiger partial charge in [0.25, 0.3) is 0 Å². The molecule has 3 atom stereocenters. The third-order valence-electron chi connectivity index (χ3n) is 3.47. The maximum atomic E-state index is 11.7. The van der Waals surface area contributed by atoms with Crippen LogP contribution in [0.2, 0.25) is 0 Å². The van der Waals surface area contributed by atoms with Gasteiger partial charge in [0.2, 0.25) is 5.91 Å². The van der Waals surface area contributed by atoms with Gasteiger partial charge >= 0.3 is 0 Å². The maximum absolute atomic E-state index is 11.7. The highest BCUT2D eigenvalue weighted by Gasteiger charge is 2.30. The van der Waals surface area contributed by atoms with Gasteiger partial charge in [-0.3, -0.25) is 4.79 Å². The van der Waals surface area contributed by atoms with Gasteiger partial charge < -0.3 is 15.4 Å². The van der Waals surface area contributed by atoms with E-state index in [2.05, 4.69) is 10.6 Å². The highest BCUT2D eigenvalue weighted by atomic mass is 16.5. The fraction of sp³-hybridized carbons (Fsp3) is 0.909. The van der Waals surface area contributed by atoms with E-state index in [1.165, 1.54) is 12.8 Å². The molecule has 0 aromatic heterocycles. The number of nitrogens with one attached hydrogen (secondary N) is 2. The van der Waals surface area contributed by atoms with E-state index in [1.807, 2.05) is 0 Å². The van der Waals surface area contributed by atoms with E-state index in [0.717, 1.165) is 25.8 Å². The SMILES string of the molecule is COC1CCCCC1NC(=O)[C@H]1CCN1. The van der Waals surface area contributed by atoms with Crippen molar-refractivity contribution in [1.29, 1.82) is 0 Å². The van der Waals surface area contributed by atoms with E-state index in [-0.39, 0.29) is 24.1 Å². The molecule has 0 bridgehead atoms. The Morgan fingerprint density at radius 2 is 2.07 bits per heavy atom. The average molecular weight is 212 g/mol. The Balaban J connectivity index is 1.82. The molecule has 2 aliphatic rings. The number of amides is 1. The van der Waals surface area contributed by atoms with Gasteiger partial charge in [0, 0.05) is 7.11 Å². The summed E-state index contributed by atoms with van der Waals surface area (Å²) in [6.45, 7) is 0.969. The number of rotatable bonds is 3. The molecule has 86 valence electrons. The molecule has 1 aliphatic carbocycles. The van der Waals surface area contributed by atoms with Crippen LogP contribution < -0.4 is 10.6 Å². The van der Waals surface area contributed by atoms with Crippen molar-refractivity contribution in [1.82, 2.24) is 10.6 Å². The molecule has 4 nitrogen and oxygen atoms in total. The minimum Gasteiger partial charge on any atom is -0.379 e. The summed E-state index contributed by atoms with van der Waals surface area (Å²) in [4.78, 5) is 11.7. The van der Waals surface area contributed by atoms with Crippen molar-refractivity contribution in [2.75, 3.05) is 13.7 Å². The van der Waals surface area contributed by atoms with Crippen molar-refractivity contribution in [2.24, 2.45) is 0 Å². The number of methoxy groups -OCH3 is 1. The van der Waals surface area contributed by atoms with Gasteiger partial charge in [-0.15, -0.1) is 0 Å². The van der Waals surface area contributed by atoms with Gasteiger partial charge in [-0.25, -0.2) is 0 Å². The summed E-state index contributed by atoms with van der Waals surface area (Å²) >= 11 is 0. The van der Waals surface area contributed by atoms with Crippen molar-refractivity contribution < 1.29 is 9.53 Å². The zero-order valence-corrected chi connectivity index (χ0v) is 9.29. The molecule has 15 heavy (non-hydrogen) atoms. The zero-order chi connectivity index (χ0) is 10.7. The predicted octanol–water partition coefficient (Wildman–Crippen LogP) is 0.422. The Morgan fingerprint density at radius 3 is 2.67 bits per heavy atom. The lowest BCUT2D eigenvalue weighted by Gasteiger charge is -2.34. The predicted molar refractivity (Wildman–Crippen MR) is 57.6 cm³/mol. The van der Waals surface area contributed by atoms with Crippen LogP contribution in [0, 0.1) is 0 Å². The molecule has 0 aromatic rings. The van der Waals surface area contributed by atoms with Crippen molar-refractivity contribution in [2.45, 2.75) is 50.3 Å². The molecule has 2 fully saturated rings. The van der Waals surface area contributed by atoms with E-state index >= 15 is 0 Å². The molecule has 4 heteroatoms. The number of carbonyl (C=O) groups is 1. The second kappa shape index (κ2) is 4.94. The van der Waals surface area contributed by atoms with Crippen LogP contribution in [0.5, 0.6) is 0 Å². The van der Waals surface area contributed by atoms with Crippen LogP contribution in [0.25, 0.3) is 0 Å². The first-order chi connectivity index (χ1) is 7.31. The minimum absolute atomic E-state index is 0.0458. The quantitative estimate of drug-likeness (QED) is 0.713. The molecule has 2 rings (SSSR count). The van der Waals surface area contributed by atoms with Crippen LogP contribution in [0.3, 0.4) is 0 Å². The number of ether oxygens (including phenoxy) is 1. The lowest BCUT2D eigenvalue weighted by molar-refractivity contribution is -0.126. The van der Waals surface area contributed by atoms with Crippen LogP contribution in [0.1, 0.15) is 32.1 Å². The first kappa shape index (κ1) is 10.9. The monoisotopic (exact) mass is 212 g/mol. The van der Waals surface area contributed by atoms with Crippen LogP contribution in [0.15, 0.2) is 0 Å². The number of hydrogen-bond donors (Lipinski definition) is 2. The van der Waals surface area contributed by atoms with Gasteiger partial charge in [0.1, 0.15) is 0 Å². The number of carbonyl (C=O) groups excluding carboxylic acids is 1. The second-order valence-electron chi connectivity index (χ2n) is 4.47. The van der Waals surface area contributed by atoms with Crippen LogP contribution in [0.4, 0.5) is 0 Å². The first-order valence-corrected chi connectivity index (χ1v) is 5.88. The molecule has 0 spiro atoms. The molecule has 1 heterocycles. The van der Waals surface area contributed by atoms with Crippen LogP contribution >= 0.6 is 0 Å². The minimum atomic E-state index is 0.0458. The molecule has 2 unspecified atom stereocenters. The van der Waals surface area contributed by atoms with Crippen molar-refractivity contribution in [3.8, 4) is 0 Å². The summed E-state index contributed by atoms with van der Waals surface area (Å²) < 4.78 is 5.40. The van der Waals surface area contributed by atoms with Gasteiger partial charge in [0.05, 0.1) is 18.2 Å². The summed E-state index contributed by atoms with van der Waals surface area (Å²) in [5.41, 5.74) is 0. The van der Waals surface area contributed by atoms with E-state index < -0.39 is 0 Å². The molecule has 0 radical (unpaired) electrons. The fourth-order valence-electron chi connectivity index (χ4n) is 2.34. The fourth-order valence-corrected chi connectivity index (χ4v) is 2.34.